The summed E-state index contributed by atoms with van der Waals surface area (Å²) in [6.07, 6.45) is 5.91. The molecule has 6 nitrogen and oxygen atoms in total. The molecular weight excluding hydrogens is 314 g/mol. The van der Waals surface area contributed by atoms with Gasteiger partial charge in [0.2, 0.25) is 5.16 Å². The smallest absolute Gasteiger partial charge is 0.258 e. The summed E-state index contributed by atoms with van der Waals surface area (Å²) in [5, 5.41) is 1.10. The molecule has 4 bridgehead atoms. The molecule has 0 spiro atoms. The fourth-order valence-corrected chi connectivity index (χ4v) is 4.09. The van der Waals surface area contributed by atoms with Crippen molar-refractivity contribution < 1.29 is 8.95 Å². The Labute approximate surface area is 137 Å². The standard InChI is InChI=1S/C15H17N3O3S.CH4/c19-14-11-7-10-8-16-15(22(20)6-5-21-9-11)17-13(10)18(14)12-3-1-2-4-12;/h7-8,12H,1-6,9H2;1H4. The summed E-state index contributed by atoms with van der Waals surface area (Å²) in [4.78, 5) is 21.5. The minimum absolute atomic E-state index is 0. The van der Waals surface area contributed by atoms with E-state index in [-0.39, 0.29) is 30.8 Å². The van der Waals surface area contributed by atoms with Crippen LogP contribution < -0.4 is 5.56 Å². The second-order valence-electron chi connectivity index (χ2n) is 5.82. The lowest BCUT2D eigenvalue weighted by Crippen LogP contribution is -2.28. The minimum atomic E-state index is -1.29. The Morgan fingerprint density at radius 3 is 2.87 bits per heavy atom. The summed E-state index contributed by atoms with van der Waals surface area (Å²) in [6, 6.07) is 1.98. The predicted octanol–water partition coefficient (Wildman–Crippen LogP) is 2.18. The van der Waals surface area contributed by atoms with E-state index in [0.717, 1.165) is 31.1 Å². The number of fused-ring (bicyclic) bond motifs is 6. The summed E-state index contributed by atoms with van der Waals surface area (Å²) in [5.41, 5.74) is 1.21. The number of pyridine rings is 1. The van der Waals surface area contributed by atoms with Crippen LogP contribution in [0.2, 0.25) is 0 Å². The van der Waals surface area contributed by atoms with Crippen LogP contribution in [0.1, 0.15) is 44.7 Å². The van der Waals surface area contributed by atoms with Gasteiger partial charge in [-0.2, -0.15) is 0 Å². The van der Waals surface area contributed by atoms with Crippen molar-refractivity contribution in [3.8, 4) is 0 Å². The zero-order valence-electron chi connectivity index (χ0n) is 12.2. The molecule has 0 aromatic carbocycles. The number of hydrogen-bond donors (Lipinski definition) is 0. The summed E-state index contributed by atoms with van der Waals surface area (Å²) in [7, 11) is -1.29. The number of aromatic nitrogens is 3. The Bertz CT molecular complexity index is 812. The van der Waals surface area contributed by atoms with Crippen LogP contribution >= 0.6 is 0 Å². The molecule has 1 atom stereocenters. The van der Waals surface area contributed by atoms with Crippen LogP contribution in [-0.2, 0) is 22.1 Å². The van der Waals surface area contributed by atoms with Crippen LogP contribution in [0, 0.1) is 0 Å². The maximum atomic E-state index is 12.8. The van der Waals surface area contributed by atoms with Crippen LogP contribution in [0.5, 0.6) is 0 Å². The molecule has 2 aliphatic heterocycles. The number of hydrogen-bond acceptors (Lipinski definition) is 5. The highest BCUT2D eigenvalue weighted by Crippen LogP contribution is 2.30. The Morgan fingerprint density at radius 2 is 2.09 bits per heavy atom. The largest absolute Gasteiger partial charge is 0.376 e. The fraction of sp³-hybridized carbons (Fsp3) is 0.562. The Balaban J connectivity index is 0.00000156. The predicted molar refractivity (Wildman–Crippen MR) is 89.0 cm³/mol. The van der Waals surface area contributed by atoms with E-state index < -0.39 is 10.8 Å². The summed E-state index contributed by atoms with van der Waals surface area (Å²) < 4.78 is 19.5. The van der Waals surface area contributed by atoms with Gasteiger partial charge in [-0.15, -0.1) is 0 Å². The van der Waals surface area contributed by atoms with E-state index in [1.165, 1.54) is 0 Å². The molecule has 23 heavy (non-hydrogen) atoms. The van der Waals surface area contributed by atoms with E-state index in [2.05, 4.69) is 9.97 Å². The maximum Gasteiger partial charge on any atom is 0.258 e. The van der Waals surface area contributed by atoms with Crippen LogP contribution in [0.25, 0.3) is 11.0 Å². The molecule has 124 valence electrons. The molecule has 2 aromatic rings. The second-order valence-corrected chi connectivity index (χ2v) is 7.28. The first kappa shape index (κ1) is 16.3. The van der Waals surface area contributed by atoms with Gasteiger partial charge in [-0.3, -0.25) is 13.6 Å². The van der Waals surface area contributed by atoms with Crippen molar-refractivity contribution in [3.05, 3.63) is 28.2 Å². The molecule has 0 amide bonds. The third-order valence-electron chi connectivity index (χ3n) is 4.39. The van der Waals surface area contributed by atoms with Crippen molar-refractivity contribution in [3.63, 3.8) is 0 Å². The fourth-order valence-electron chi connectivity index (χ4n) is 3.28. The molecule has 0 saturated heterocycles. The summed E-state index contributed by atoms with van der Waals surface area (Å²) in [5.74, 6) is 0.351. The molecular formula is C16H21N3O3S. The lowest BCUT2D eigenvalue weighted by Gasteiger charge is -2.17. The average molecular weight is 335 g/mol. The lowest BCUT2D eigenvalue weighted by molar-refractivity contribution is 0.135. The van der Waals surface area contributed by atoms with Gasteiger partial charge in [-0.1, -0.05) is 20.3 Å². The van der Waals surface area contributed by atoms with E-state index in [1.54, 1.807) is 16.8 Å². The monoisotopic (exact) mass is 335 g/mol. The molecule has 5 rings (SSSR count). The first-order chi connectivity index (χ1) is 10.7. The number of ether oxygens (including phenoxy) is 1. The van der Waals surface area contributed by atoms with Gasteiger partial charge in [0.05, 0.1) is 29.8 Å². The molecule has 0 N–H and O–H groups in total. The minimum Gasteiger partial charge on any atom is -0.376 e. The van der Waals surface area contributed by atoms with Gasteiger partial charge in [0, 0.05) is 23.2 Å². The highest BCUT2D eigenvalue weighted by molar-refractivity contribution is 7.84. The average Bonchev–Trinajstić information content (AvgIpc) is 3.03. The Kier molecular flexibility index (Phi) is 4.59. The molecule has 4 heterocycles. The van der Waals surface area contributed by atoms with Gasteiger partial charge < -0.3 is 4.74 Å². The zero-order chi connectivity index (χ0) is 15.1. The second kappa shape index (κ2) is 6.49. The molecule has 1 saturated carbocycles. The third-order valence-corrected chi connectivity index (χ3v) is 5.53. The van der Waals surface area contributed by atoms with Crippen molar-refractivity contribution in [2.45, 2.75) is 50.9 Å². The topological polar surface area (TPSA) is 74.1 Å². The first-order valence-electron chi connectivity index (χ1n) is 7.61. The van der Waals surface area contributed by atoms with Gasteiger partial charge in [0.25, 0.3) is 5.56 Å². The maximum absolute atomic E-state index is 12.8. The van der Waals surface area contributed by atoms with E-state index in [9.17, 15) is 9.00 Å². The Hall–Kier alpha value is -1.60. The van der Waals surface area contributed by atoms with Crippen molar-refractivity contribution in [1.29, 1.82) is 0 Å². The highest BCUT2D eigenvalue weighted by Gasteiger charge is 2.23. The van der Waals surface area contributed by atoms with Crippen LogP contribution in [0.4, 0.5) is 0 Å². The van der Waals surface area contributed by atoms with Crippen LogP contribution in [0.3, 0.4) is 0 Å². The van der Waals surface area contributed by atoms with E-state index in [1.807, 2.05) is 0 Å². The van der Waals surface area contributed by atoms with Gasteiger partial charge in [-0.25, -0.2) is 9.97 Å². The first-order valence-corrected chi connectivity index (χ1v) is 8.93. The van der Waals surface area contributed by atoms with Crippen molar-refractivity contribution in [2.75, 3.05) is 12.4 Å². The number of rotatable bonds is 1. The molecule has 1 aliphatic carbocycles. The normalized spacial score (nSPS) is 21.7. The van der Waals surface area contributed by atoms with Gasteiger partial charge in [0.1, 0.15) is 5.65 Å². The molecule has 1 fully saturated rings. The zero-order valence-corrected chi connectivity index (χ0v) is 13.0. The van der Waals surface area contributed by atoms with E-state index in [4.69, 9.17) is 4.74 Å². The van der Waals surface area contributed by atoms with Gasteiger partial charge in [-0.05, 0) is 18.9 Å². The summed E-state index contributed by atoms with van der Waals surface area (Å²) in [6.45, 7) is 0.582. The quantitative estimate of drug-likeness (QED) is 0.747. The molecule has 7 heteroatoms. The van der Waals surface area contributed by atoms with E-state index in [0.29, 0.717) is 23.6 Å². The van der Waals surface area contributed by atoms with Crippen molar-refractivity contribution in [1.82, 2.24) is 14.5 Å². The third kappa shape index (κ3) is 2.83. The van der Waals surface area contributed by atoms with Crippen molar-refractivity contribution >= 4 is 21.8 Å². The van der Waals surface area contributed by atoms with Gasteiger partial charge >= 0.3 is 0 Å². The van der Waals surface area contributed by atoms with Crippen LogP contribution in [-0.4, -0.2) is 31.1 Å². The molecule has 3 aliphatic rings. The highest BCUT2D eigenvalue weighted by atomic mass is 32.2. The number of nitrogens with zero attached hydrogens (tertiary/aromatic N) is 3. The summed E-state index contributed by atoms with van der Waals surface area (Å²) >= 11 is 0. The SMILES string of the molecule is C.O=c1c2cc3cnc(nc3n1C1CCCC1)S(=O)CCOC2. The molecule has 1 unspecified atom stereocenters. The van der Waals surface area contributed by atoms with Crippen LogP contribution in [0.15, 0.2) is 22.2 Å². The lowest BCUT2D eigenvalue weighted by atomic mass is 10.2. The van der Waals surface area contributed by atoms with Gasteiger partial charge in [0.15, 0.2) is 0 Å². The van der Waals surface area contributed by atoms with Crippen molar-refractivity contribution in [2.24, 2.45) is 0 Å². The van der Waals surface area contributed by atoms with E-state index >= 15 is 0 Å². The molecule has 0 radical (unpaired) electrons. The molecule has 2 aromatic heterocycles. The Morgan fingerprint density at radius 1 is 1.30 bits per heavy atom.